The highest BCUT2D eigenvalue weighted by Crippen LogP contribution is 2.24. The molecule has 0 amide bonds. The summed E-state index contributed by atoms with van der Waals surface area (Å²) < 4.78 is 0. The second kappa shape index (κ2) is 8.48. The topological polar surface area (TPSA) is 36.4 Å². The number of aromatic nitrogens is 1. The molecule has 0 radical (unpaired) electrons. The van der Waals surface area contributed by atoms with Crippen molar-refractivity contribution in [2.24, 2.45) is 0 Å². The van der Waals surface area contributed by atoms with Gasteiger partial charge in [-0.2, -0.15) is 0 Å². The van der Waals surface area contributed by atoms with E-state index in [1.807, 2.05) is 31.5 Å². The van der Waals surface area contributed by atoms with E-state index in [1.54, 1.807) is 0 Å². The van der Waals surface area contributed by atoms with Gasteiger partial charge in [0.05, 0.1) is 0 Å². The lowest BCUT2D eigenvalue weighted by molar-refractivity contribution is 0.0966. The van der Waals surface area contributed by atoms with E-state index in [4.69, 9.17) is 0 Å². The summed E-state index contributed by atoms with van der Waals surface area (Å²) in [5, 5.41) is 0. The number of nitrogens with zero attached hydrogens (tertiary/aromatic N) is 3. The highest BCUT2D eigenvalue weighted by Gasteiger charge is 2.20. The number of carbonyl (C=O) groups is 1. The third-order valence-electron chi connectivity index (χ3n) is 5.80. The van der Waals surface area contributed by atoms with Crippen molar-refractivity contribution in [3.63, 3.8) is 0 Å². The molecule has 29 heavy (non-hydrogen) atoms. The lowest BCUT2D eigenvalue weighted by Crippen LogP contribution is -2.46. The van der Waals surface area contributed by atoms with Crippen LogP contribution in [0, 0.1) is 6.92 Å². The number of hydrogen-bond acceptors (Lipinski definition) is 4. The van der Waals surface area contributed by atoms with Crippen molar-refractivity contribution >= 4 is 17.2 Å². The van der Waals surface area contributed by atoms with Crippen LogP contribution in [0.2, 0.25) is 0 Å². The summed E-state index contributed by atoms with van der Waals surface area (Å²) >= 11 is 0. The first-order valence-corrected chi connectivity index (χ1v) is 10.2. The van der Waals surface area contributed by atoms with Crippen molar-refractivity contribution in [2.45, 2.75) is 19.8 Å². The number of benzene rings is 2. The first-order chi connectivity index (χ1) is 14.1. The minimum Gasteiger partial charge on any atom is -0.368 e. The van der Waals surface area contributed by atoms with Crippen molar-refractivity contribution in [3.8, 4) is 0 Å². The zero-order valence-electron chi connectivity index (χ0n) is 17.1. The normalized spacial score (nSPS) is 15.2. The molecule has 1 aromatic heterocycles. The van der Waals surface area contributed by atoms with Gasteiger partial charge < -0.3 is 9.80 Å². The van der Waals surface area contributed by atoms with Crippen molar-refractivity contribution < 1.29 is 4.79 Å². The number of rotatable bonds is 5. The van der Waals surface area contributed by atoms with Crippen LogP contribution < -0.4 is 9.80 Å². The standard InChI is InChI=1S/C25H27N3O/c1-19-3-5-21(6-4-19)20(2)25(29)22-7-9-23(10-8-22)27-15-17-28(18-16-27)24-11-13-26-14-12-24/h3-14,20H,15-18H2,1-2H3. The van der Waals surface area contributed by atoms with Crippen LogP contribution in [-0.2, 0) is 0 Å². The van der Waals surface area contributed by atoms with E-state index in [0.29, 0.717) is 0 Å². The van der Waals surface area contributed by atoms with Crippen LogP contribution in [0.1, 0.15) is 34.3 Å². The Bertz CT molecular complexity index is 944. The molecule has 0 spiro atoms. The second-order valence-corrected chi connectivity index (χ2v) is 7.72. The largest absolute Gasteiger partial charge is 0.368 e. The van der Waals surface area contributed by atoms with Crippen molar-refractivity contribution in [2.75, 3.05) is 36.0 Å². The number of carbonyl (C=O) groups excluding carboxylic acids is 1. The Hall–Kier alpha value is -3.14. The summed E-state index contributed by atoms with van der Waals surface area (Å²) in [7, 11) is 0. The third kappa shape index (κ3) is 4.32. The van der Waals surface area contributed by atoms with Gasteiger partial charge >= 0.3 is 0 Å². The van der Waals surface area contributed by atoms with Crippen LogP contribution in [0.15, 0.2) is 73.1 Å². The molecule has 1 aliphatic rings. The lowest BCUT2D eigenvalue weighted by atomic mass is 9.92. The van der Waals surface area contributed by atoms with Gasteiger partial charge in [0.25, 0.3) is 0 Å². The molecule has 2 heterocycles. The molecule has 0 N–H and O–H groups in total. The van der Waals surface area contributed by atoms with Gasteiger partial charge in [-0.3, -0.25) is 9.78 Å². The minimum atomic E-state index is -0.134. The molecule has 4 rings (SSSR count). The average Bonchev–Trinajstić information content (AvgIpc) is 2.79. The molecule has 1 fully saturated rings. The molecule has 1 aliphatic heterocycles. The smallest absolute Gasteiger partial charge is 0.170 e. The Morgan fingerprint density at radius 2 is 1.31 bits per heavy atom. The SMILES string of the molecule is Cc1ccc(C(C)C(=O)c2ccc(N3CCN(c4ccncc4)CC3)cc2)cc1. The monoisotopic (exact) mass is 385 g/mol. The Morgan fingerprint density at radius 3 is 1.86 bits per heavy atom. The summed E-state index contributed by atoms with van der Waals surface area (Å²) in [5.74, 6) is 0.0354. The van der Waals surface area contributed by atoms with Crippen LogP contribution in [0.4, 0.5) is 11.4 Å². The Labute approximate surface area is 172 Å². The predicted octanol–water partition coefficient (Wildman–Crippen LogP) is 4.70. The van der Waals surface area contributed by atoms with Gasteiger partial charge in [0.2, 0.25) is 0 Å². The fourth-order valence-electron chi connectivity index (χ4n) is 3.87. The summed E-state index contributed by atoms with van der Waals surface area (Å²) in [6.07, 6.45) is 3.68. The van der Waals surface area contributed by atoms with E-state index >= 15 is 0 Å². The maximum atomic E-state index is 12.9. The molecule has 0 saturated carbocycles. The summed E-state index contributed by atoms with van der Waals surface area (Å²) in [6, 6.07) is 20.4. The zero-order valence-corrected chi connectivity index (χ0v) is 17.1. The Morgan fingerprint density at radius 1 is 0.793 bits per heavy atom. The Balaban J connectivity index is 1.39. The fraction of sp³-hybridized carbons (Fsp3) is 0.280. The van der Waals surface area contributed by atoms with Gasteiger partial charge in [-0.1, -0.05) is 36.8 Å². The first kappa shape index (κ1) is 19.2. The van der Waals surface area contributed by atoms with Crippen LogP contribution in [-0.4, -0.2) is 36.9 Å². The minimum absolute atomic E-state index is 0.134. The highest BCUT2D eigenvalue weighted by atomic mass is 16.1. The van der Waals surface area contributed by atoms with E-state index in [9.17, 15) is 4.79 Å². The number of hydrogen-bond donors (Lipinski definition) is 0. The zero-order chi connectivity index (χ0) is 20.2. The summed E-state index contributed by atoms with van der Waals surface area (Å²) in [4.78, 5) is 21.8. The van der Waals surface area contributed by atoms with Crippen LogP contribution >= 0.6 is 0 Å². The van der Waals surface area contributed by atoms with E-state index in [1.165, 1.54) is 16.9 Å². The number of aryl methyl sites for hydroxylation is 1. The molecule has 0 bridgehead atoms. The van der Waals surface area contributed by atoms with Gasteiger partial charge in [0.1, 0.15) is 0 Å². The van der Waals surface area contributed by atoms with Crippen molar-refractivity contribution in [3.05, 3.63) is 89.7 Å². The van der Waals surface area contributed by atoms with Crippen LogP contribution in [0.25, 0.3) is 0 Å². The molecule has 2 aromatic carbocycles. The number of Topliss-reactive ketones (excluding diaryl/α,β-unsaturated/α-hetero) is 1. The molecule has 1 saturated heterocycles. The van der Waals surface area contributed by atoms with Crippen LogP contribution in [0.5, 0.6) is 0 Å². The van der Waals surface area contributed by atoms with Gasteiger partial charge in [0.15, 0.2) is 5.78 Å². The van der Waals surface area contributed by atoms with E-state index in [2.05, 4.69) is 70.2 Å². The molecule has 1 unspecified atom stereocenters. The molecule has 0 aliphatic carbocycles. The molecule has 4 heteroatoms. The quantitative estimate of drug-likeness (QED) is 0.597. The van der Waals surface area contributed by atoms with Crippen LogP contribution in [0.3, 0.4) is 0 Å². The maximum Gasteiger partial charge on any atom is 0.170 e. The van der Waals surface area contributed by atoms with Crippen molar-refractivity contribution in [1.29, 1.82) is 0 Å². The number of ketones is 1. The molecular formula is C25H27N3O. The molecule has 4 nitrogen and oxygen atoms in total. The van der Waals surface area contributed by atoms with E-state index in [0.717, 1.165) is 37.3 Å². The fourth-order valence-corrected chi connectivity index (χ4v) is 3.87. The third-order valence-corrected chi connectivity index (χ3v) is 5.80. The number of piperazine rings is 1. The first-order valence-electron chi connectivity index (χ1n) is 10.2. The molecule has 1 atom stereocenters. The van der Waals surface area contributed by atoms with E-state index in [-0.39, 0.29) is 11.7 Å². The molecule has 3 aromatic rings. The number of anilines is 2. The second-order valence-electron chi connectivity index (χ2n) is 7.72. The van der Waals surface area contributed by atoms with Gasteiger partial charge in [0, 0.05) is 61.4 Å². The summed E-state index contributed by atoms with van der Waals surface area (Å²) in [6.45, 7) is 7.94. The highest BCUT2D eigenvalue weighted by molar-refractivity contribution is 6.01. The van der Waals surface area contributed by atoms with Gasteiger partial charge in [-0.25, -0.2) is 0 Å². The van der Waals surface area contributed by atoms with E-state index < -0.39 is 0 Å². The molecule has 148 valence electrons. The van der Waals surface area contributed by atoms with Gasteiger partial charge in [-0.05, 0) is 48.9 Å². The van der Waals surface area contributed by atoms with Crippen molar-refractivity contribution in [1.82, 2.24) is 4.98 Å². The predicted molar refractivity (Wildman–Crippen MR) is 119 cm³/mol. The maximum absolute atomic E-state index is 12.9. The average molecular weight is 386 g/mol. The number of pyridine rings is 1. The van der Waals surface area contributed by atoms with Gasteiger partial charge in [-0.15, -0.1) is 0 Å². The lowest BCUT2D eigenvalue weighted by Gasteiger charge is -2.37. The Kier molecular flexibility index (Phi) is 5.61. The summed E-state index contributed by atoms with van der Waals surface area (Å²) in [5.41, 5.74) is 5.46. The molecular weight excluding hydrogens is 358 g/mol.